The molecule has 108 valence electrons. The number of nitrogens with zero attached hydrogens (tertiary/aromatic N) is 1. The van der Waals surface area contributed by atoms with Crippen molar-refractivity contribution in [3.8, 4) is 11.5 Å². The molecular formula is C16H15NO4. The van der Waals surface area contributed by atoms with Crippen molar-refractivity contribution in [2.45, 2.75) is 18.9 Å². The summed E-state index contributed by atoms with van der Waals surface area (Å²) in [5.74, 6) is 0.738. The van der Waals surface area contributed by atoms with Gasteiger partial charge in [-0.3, -0.25) is 10.1 Å². The van der Waals surface area contributed by atoms with E-state index in [0.717, 1.165) is 12.8 Å². The van der Waals surface area contributed by atoms with Gasteiger partial charge in [-0.05, 0) is 23.3 Å². The first-order valence-corrected chi connectivity index (χ1v) is 6.73. The fraction of sp³-hybridized carbons (Fsp3) is 0.250. The average Bonchev–Trinajstić information content (AvgIpc) is 2.89. The van der Waals surface area contributed by atoms with E-state index < -0.39 is 4.92 Å². The molecule has 0 radical (unpaired) electrons. The molecule has 1 aliphatic carbocycles. The molecule has 5 nitrogen and oxygen atoms in total. The van der Waals surface area contributed by atoms with Gasteiger partial charge < -0.3 is 9.47 Å². The van der Waals surface area contributed by atoms with Crippen molar-refractivity contribution >= 4 is 5.69 Å². The van der Waals surface area contributed by atoms with Crippen LogP contribution in [0.25, 0.3) is 0 Å². The second-order valence-corrected chi connectivity index (χ2v) is 5.01. The van der Waals surface area contributed by atoms with Crippen LogP contribution in [0, 0.1) is 10.1 Å². The van der Waals surface area contributed by atoms with Crippen molar-refractivity contribution in [1.82, 2.24) is 0 Å². The number of hydrogen-bond donors (Lipinski definition) is 0. The van der Waals surface area contributed by atoms with E-state index >= 15 is 0 Å². The van der Waals surface area contributed by atoms with E-state index in [9.17, 15) is 10.1 Å². The summed E-state index contributed by atoms with van der Waals surface area (Å²) in [6.45, 7) is 0. The van der Waals surface area contributed by atoms with Crippen molar-refractivity contribution < 1.29 is 14.4 Å². The van der Waals surface area contributed by atoms with Gasteiger partial charge in [-0.2, -0.15) is 0 Å². The van der Waals surface area contributed by atoms with Gasteiger partial charge in [0.2, 0.25) is 0 Å². The van der Waals surface area contributed by atoms with E-state index in [1.54, 1.807) is 12.1 Å². The standard InChI is InChI=1S/C16H15NO4/c1-20-16-7-6-13(10-15(16)17(18)19)21-14-8-11-4-2-3-5-12(11)9-14/h2-7,10,14H,8-9H2,1H3. The minimum Gasteiger partial charge on any atom is -0.490 e. The average molecular weight is 285 g/mol. The lowest BCUT2D eigenvalue weighted by molar-refractivity contribution is -0.385. The van der Waals surface area contributed by atoms with Gasteiger partial charge in [0.05, 0.1) is 18.1 Å². The molecule has 2 aromatic carbocycles. The Morgan fingerprint density at radius 1 is 1.14 bits per heavy atom. The second kappa shape index (κ2) is 5.44. The van der Waals surface area contributed by atoms with Crippen LogP contribution in [0.3, 0.4) is 0 Å². The summed E-state index contributed by atoms with van der Waals surface area (Å²) in [7, 11) is 1.41. The van der Waals surface area contributed by atoms with Crippen LogP contribution in [-0.4, -0.2) is 18.1 Å². The van der Waals surface area contributed by atoms with Crippen molar-refractivity contribution in [1.29, 1.82) is 0 Å². The molecule has 0 saturated heterocycles. The molecular weight excluding hydrogens is 270 g/mol. The molecule has 1 aliphatic rings. The third-order valence-corrected chi connectivity index (χ3v) is 3.66. The number of methoxy groups -OCH3 is 1. The maximum atomic E-state index is 11.0. The van der Waals surface area contributed by atoms with E-state index in [1.165, 1.54) is 24.3 Å². The maximum Gasteiger partial charge on any atom is 0.314 e. The number of nitro groups is 1. The summed E-state index contributed by atoms with van der Waals surface area (Å²) in [6.07, 6.45) is 1.68. The summed E-state index contributed by atoms with van der Waals surface area (Å²) < 4.78 is 10.9. The fourth-order valence-electron chi connectivity index (χ4n) is 2.68. The zero-order chi connectivity index (χ0) is 14.8. The molecule has 0 unspecified atom stereocenters. The number of hydrogen-bond acceptors (Lipinski definition) is 4. The minimum atomic E-state index is -0.463. The minimum absolute atomic E-state index is 0.0235. The first kappa shape index (κ1) is 13.4. The highest BCUT2D eigenvalue weighted by Crippen LogP contribution is 2.32. The molecule has 0 N–H and O–H groups in total. The van der Waals surface area contributed by atoms with Crippen LogP contribution >= 0.6 is 0 Å². The van der Waals surface area contributed by atoms with Gasteiger partial charge in [0.25, 0.3) is 0 Å². The van der Waals surface area contributed by atoms with Crippen LogP contribution in [0.2, 0.25) is 0 Å². The SMILES string of the molecule is COc1ccc(OC2Cc3ccccc3C2)cc1[N+](=O)[O-]. The Balaban J connectivity index is 1.78. The summed E-state index contributed by atoms with van der Waals surface area (Å²) in [6, 6.07) is 12.9. The predicted octanol–water partition coefficient (Wildman–Crippen LogP) is 3.15. The molecule has 0 heterocycles. The zero-order valence-corrected chi connectivity index (χ0v) is 11.6. The van der Waals surface area contributed by atoms with Gasteiger partial charge in [-0.25, -0.2) is 0 Å². The van der Waals surface area contributed by atoms with Crippen molar-refractivity contribution in [3.05, 3.63) is 63.7 Å². The molecule has 0 fully saturated rings. The molecule has 0 amide bonds. The molecule has 21 heavy (non-hydrogen) atoms. The molecule has 0 aliphatic heterocycles. The Hall–Kier alpha value is -2.56. The summed E-state index contributed by atoms with van der Waals surface area (Å²) in [5, 5.41) is 11.0. The Bertz CT molecular complexity index is 659. The number of benzene rings is 2. The zero-order valence-electron chi connectivity index (χ0n) is 11.6. The number of ether oxygens (including phenoxy) is 2. The highest BCUT2D eigenvalue weighted by molar-refractivity contribution is 5.51. The molecule has 3 rings (SSSR count). The summed E-state index contributed by atoms with van der Waals surface area (Å²) in [4.78, 5) is 10.6. The van der Waals surface area contributed by atoms with E-state index in [1.807, 2.05) is 12.1 Å². The van der Waals surface area contributed by atoms with Gasteiger partial charge in [0.1, 0.15) is 11.9 Å². The molecule has 0 saturated carbocycles. The second-order valence-electron chi connectivity index (χ2n) is 5.01. The van der Waals surface area contributed by atoms with Crippen LogP contribution in [0.5, 0.6) is 11.5 Å². The summed E-state index contributed by atoms with van der Waals surface area (Å²) in [5.41, 5.74) is 2.49. The van der Waals surface area contributed by atoms with Gasteiger partial charge in [0, 0.05) is 12.8 Å². The summed E-state index contributed by atoms with van der Waals surface area (Å²) >= 11 is 0. The van der Waals surface area contributed by atoms with Crippen LogP contribution in [0.4, 0.5) is 5.69 Å². The molecule has 0 bridgehead atoms. The largest absolute Gasteiger partial charge is 0.490 e. The highest BCUT2D eigenvalue weighted by atomic mass is 16.6. The Morgan fingerprint density at radius 2 is 1.81 bits per heavy atom. The van der Waals surface area contributed by atoms with Crippen molar-refractivity contribution in [2.75, 3.05) is 7.11 Å². The van der Waals surface area contributed by atoms with Crippen LogP contribution in [-0.2, 0) is 12.8 Å². The molecule has 0 spiro atoms. The molecule has 5 heteroatoms. The fourth-order valence-corrected chi connectivity index (χ4v) is 2.68. The number of nitro benzene ring substituents is 1. The van der Waals surface area contributed by atoms with E-state index in [2.05, 4.69) is 12.1 Å². The van der Waals surface area contributed by atoms with Crippen molar-refractivity contribution in [2.24, 2.45) is 0 Å². The van der Waals surface area contributed by atoms with Gasteiger partial charge in [-0.15, -0.1) is 0 Å². The topological polar surface area (TPSA) is 61.6 Å². The normalized spacial score (nSPS) is 13.8. The van der Waals surface area contributed by atoms with Gasteiger partial charge in [-0.1, -0.05) is 24.3 Å². The van der Waals surface area contributed by atoms with Crippen LogP contribution < -0.4 is 9.47 Å². The molecule has 0 aromatic heterocycles. The third-order valence-electron chi connectivity index (χ3n) is 3.66. The first-order chi connectivity index (χ1) is 10.2. The smallest absolute Gasteiger partial charge is 0.314 e. The van der Waals surface area contributed by atoms with E-state index in [-0.39, 0.29) is 17.5 Å². The number of fused-ring (bicyclic) bond motifs is 1. The monoisotopic (exact) mass is 285 g/mol. The Kier molecular flexibility index (Phi) is 3.48. The lowest BCUT2D eigenvalue weighted by Crippen LogP contribution is -2.16. The lowest BCUT2D eigenvalue weighted by Gasteiger charge is -2.13. The number of rotatable bonds is 4. The van der Waals surface area contributed by atoms with Crippen molar-refractivity contribution in [3.63, 3.8) is 0 Å². The third kappa shape index (κ3) is 2.67. The van der Waals surface area contributed by atoms with Gasteiger partial charge in [0.15, 0.2) is 5.75 Å². The first-order valence-electron chi connectivity index (χ1n) is 6.73. The van der Waals surface area contributed by atoms with Gasteiger partial charge >= 0.3 is 5.69 Å². The maximum absolute atomic E-state index is 11.0. The molecule has 0 atom stereocenters. The highest BCUT2D eigenvalue weighted by Gasteiger charge is 2.23. The van der Waals surface area contributed by atoms with E-state index in [0.29, 0.717) is 5.75 Å². The predicted molar refractivity (Wildman–Crippen MR) is 77.9 cm³/mol. The van der Waals surface area contributed by atoms with E-state index in [4.69, 9.17) is 9.47 Å². The lowest BCUT2D eigenvalue weighted by atomic mass is 10.1. The molecule has 2 aromatic rings. The Morgan fingerprint density at radius 3 is 2.38 bits per heavy atom. The Labute approximate surface area is 122 Å². The van der Waals surface area contributed by atoms with Crippen LogP contribution in [0.15, 0.2) is 42.5 Å². The van der Waals surface area contributed by atoms with Crippen LogP contribution in [0.1, 0.15) is 11.1 Å². The quantitative estimate of drug-likeness (QED) is 0.639.